The van der Waals surface area contributed by atoms with E-state index in [-0.39, 0.29) is 11.8 Å². The summed E-state index contributed by atoms with van der Waals surface area (Å²) in [7, 11) is 0. The van der Waals surface area contributed by atoms with Gasteiger partial charge in [0.1, 0.15) is 0 Å². The van der Waals surface area contributed by atoms with Gasteiger partial charge in [0.15, 0.2) is 0 Å². The Labute approximate surface area is 89.5 Å². The molecule has 0 saturated heterocycles. The van der Waals surface area contributed by atoms with Crippen LogP contribution < -0.4 is 5.32 Å². The van der Waals surface area contributed by atoms with E-state index in [1.165, 1.54) is 25.7 Å². The molecule has 1 N–H and O–H groups in total. The Kier molecular flexibility index (Phi) is 14.2. The van der Waals surface area contributed by atoms with E-state index in [1.54, 1.807) is 0 Å². The molecule has 0 aromatic carbocycles. The number of hydrogen-bond acceptors (Lipinski definition) is 1. The highest BCUT2D eigenvalue weighted by Gasteiger charge is 2.02. The lowest BCUT2D eigenvalue weighted by atomic mass is 10.2. The Morgan fingerprint density at radius 2 is 1.50 bits per heavy atom. The van der Waals surface area contributed by atoms with E-state index in [2.05, 4.69) is 19.2 Å². The molecule has 0 bridgehead atoms. The van der Waals surface area contributed by atoms with Gasteiger partial charge in [0, 0.05) is 12.5 Å². The second-order valence-electron chi connectivity index (χ2n) is 3.82. The molecule has 1 amide bonds. The Morgan fingerprint density at radius 1 is 1.14 bits per heavy atom. The Hall–Kier alpha value is -0.530. The van der Waals surface area contributed by atoms with Gasteiger partial charge in [-0.25, -0.2) is 0 Å². The summed E-state index contributed by atoms with van der Waals surface area (Å²) >= 11 is 0. The lowest BCUT2D eigenvalue weighted by molar-refractivity contribution is -0.123. The third kappa shape index (κ3) is 22.5. The van der Waals surface area contributed by atoms with Gasteiger partial charge in [-0.2, -0.15) is 0 Å². The fourth-order valence-electron chi connectivity index (χ4n) is 0.378. The fourth-order valence-corrected chi connectivity index (χ4v) is 0.378. The number of carbonyl (C=O) groups excluding carboxylic acids is 1. The molecule has 1 saturated carbocycles. The van der Waals surface area contributed by atoms with Crippen molar-refractivity contribution >= 4 is 5.91 Å². The molecule has 86 valence electrons. The normalized spacial score (nSPS) is 11.9. The van der Waals surface area contributed by atoms with Gasteiger partial charge in [-0.3, -0.25) is 4.79 Å². The van der Waals surface area contributed by atoms with Crippen molar-refractivity contribution in [1.82, 2.24) is 5.32 Å². The van der Waals surface area contributed by atoms with Crippen LogP contribution in [0.4, 0.5) is 0 Å². The Morgan fingerprint density at radius 3 is 1.57 bits per heavy atom. The van der Waals surface area contributed by atoms with Crippen molar-refractivity contribution < 1.29 is 4.79 Å². The van der Waals surface area contributed by atoms with Gasteiger partial charge >= 0.3 is 0 Å². The van der Waals surface area contributed by atoms with E-state index in [0.717, 1.165) is 6.54 Å². The van der Waals surface area contributed by atoms with Gasteiger partial charge in [-0.1, -0.05) is 53.4 Å². The van der Waals surface area contributed by atoms with Crippen molar-refractivity contribution in [3.05, 3.63) is 0 Å². The minimum absolute atomic E-state index is 0.120. The molecule has 1 aliphatic rings. The standard InChI is InChI=1S/C6H13NO.C3H6.C3H8/c1-4-7-6(8)5(2)3;1-2-3-1;1-3-2/h5H,4H2,1-3H3,(H,7,8);1-3H2;3H2,1-2H3. The molecule has 0 unspecified atom stereocenters. The molecular formula is C12H27NO. The van der Waals surface area contributed by atoms with Crippen LogP contribution in [-0.2, 0) is 4.79 Å². The van der Waals surface area contributed by atoms with Gasteiger partial charge in [0.2, 0.25) is 5.91 Å². The quantitative estimate of drug-likeness (QED) is 0.729. The van der Waals surface area contributed by atoms with E-state index in [1.807, 2.05) is 20.8 Å². The zero-order valence-electron chi connectivity index (χ0n) is 10.5. The number of nitrogens with one attached hydrogen (secondary N) is 1. The first-order valence-electron chi connectivity index (χ1n) is 5.87. The van der Waals surface area contributed by atoms with E-state index in [9.17, 15) is 4.79 Å². The summed E-state index contributed by atoms with van der Waals surface area (Å²) in [5, 5.41) is 2.71. The monoisotopic (exact) mass is 201 g/mol. The average molecular weight is 201 g/mol. The van der Waals surface area contributed by atoms with E-state index < -0.39 is 0 Å². The molecule has 0 radical (unpaired) electrons. The third-order valence-corrected chi connectivity index (χ3v) is 1.23. The Bertz CT molecular complexity index is 117. The molecular weight excluding hydrogens is 174 g/mol. The maximum Gasteiger partial charge on any atom is 0.222 e. The third-order valence-electron chi connectivity index (χ3n) is 1.23. The number of hydrogen-bond donors (Lipinski definition) is 1. The van der Waals surface area contributed by atoms with Gasteiger partial charge in [0.05, 0.1) is 0 Å². The molecule has 14 heavy (non-hydrogen) atoms. The molecule has 0 atom stereocenters. The SMILES string of the molecule is C1CC1.CCC.CCNC(=O)C(C)C. The summed E-state index contributed by atoms with van der Waals surface area (Å²) in [6, 6.07) is 0. The highest BCUT2D eigenvalue weighted by molar-refractivity contribution is 5.77. The van der Waals surface area contributed by atoms with Gasteiger partial charge < -0.3 is 5.32 Å². The minimum atomic E-state index is 0.120. The fraction of sp³-hybridized carbons (Fsp3) is 0.917. The van der Waals surface area contributed by atoms with Crippen LogP contribution in [0.1, 0.15) is 60.3 Å². The molecule has 1 aliphatic carbocycles. The van der Waals surface area contributed by atoms with Crippen LogP contribution in [0.2, 0.25) is 0 Å². The van der Waals surface area contributed by atoms with E-state index >= 15 is 0 Å². The maximum atomic E-state index is 10.6. The molecule has 1 fully saturated rings. The maximum absolute atomic E-state index is 10.6. The number of amides is 1. The summed E-state index contributed by atoms with van der Waals surface area (Å²) in [4.78, 5) is 10.6. The van der Waals surface area contributed by atoms with Crippen LogP contribution in [0.25, 0.3) is 0 Å². The zero-order valence-corrected chi connectivity index (χ0v) is 10.5. The zero-order chi connectivity index (χ0) is 11.4. The topological polar surface area (TPSA) is 29.1 Å². The summed E-state index contributed by atoms with van der Waals surface area (Å²) in [5.74, 6) is 0.252. The van der Waals surface area contributed by atoms with Gasteiger partial charge in [-0.15, -0.1) is 0 Å². The Balaban J connectivity index is 0. The summed E-state index contributed by atoms with van der Waals surface area (Å²) < 4.78 is 0. The molecule has 0 heterocycles. The van der Waals surface area contributed by atoms with Crippen LogP contribution in [0.3, 0.4) is 0 Å². The van der Waals surface area contributed by atoms with Crippen LogP contribution in [-0.4, -0.2) is 12.5 Å². The van der Waals surface area contributed by atoms with Gasteiger partial charge in [-0.05, 0) is 6.92 Å². The van der Waals surface area contributed by atoms with Gasteiger partial charge in [0.25, 0.3) is 0 Å². The largest absolute Gasteiger partial charge is 0.356 e. The van der Waals surface area contributed by atoms with Crippen molar-refractivity contribution in [3.8, 4) is 0 Å². The van der Waals surface area contributed by atoms with Crippen molar-refractivity contribution in [2.24, 2.45) is 5.92 Å². The predicted molar refractivity (Wildman–Crippen MR) is 63.3 cm³/mol. The lowest BCUT2D eigenvalue weighted by Crippen LogP contribution is -2.26. The van der Waals surface area contributed by atoms with E-state index in [4.69, 9.17) is 0 Å². The first-order chi connectivity index (χ1) is 6.59. The summed E-state index contributed by atoms with van der Waals surface area (Å²) in [5.41, 5.74) is 0. The molecule has 0 spiro atoms. The summed E-state index contributed by atoms with van der Waals surface area (Å²) in [6.07, 6.45) is 5.75. The van der Waals surface area contributed by atoms with E-state index in [0.29, 0.717) is 0 Å². The molecule has 0 aliphatic heterocycles. The average Bonchev–Trinajstić information content (AvgIpc) is 2.91. The van der Waals surface area contributed by atoms with Crippen molar-refractivity contribution in [1.29, 1.82) is 0 Å². The van der Waals surface area contributed by atoms with Crippen LogP contribution in [0.15, 0.2) is 0 Å². The lowest BCUT2D eigenvalue weighted by Gasteiger charge is -2.02. The van der Waals surface area contributed by atoms with Crippen LogP contribution in [0, 0.1) is 5.92 Å². The van der Waals surface area contributed by atoms with Crippen molar-refractivity contribution in [2.75, 3.05) is 6.54 Å². The molecule has 1 rings (SSSR count). The van der Waals surface area contributed by atoms with Crippen molar-refractivity contribution in [3.63, 3.8) is 0 Å². The highest BCUT2D eigenvalue weighted by atomic mass is 16.1. The predicted octanol–water partition coefficient (Wildman–Crippen LogP) is 3.37. The number of rotatable bonds is 2. The van der Waals surface area contributed by atoms with Crippen molar-refractivity contribution in [2.45, 2.75) is 60.3 Å². The molecule has 0 aromatic heterocycles. The first-order valence-corrected chi connectivity index (χ1v) is 5.87. The number of carbonyl (C=O) groups is 1. The second kappa shape index (κ2) is 12.5. The second-order valence-corrected chi connectivity index (χ2v) is 3.82. The highest BCUT2D eigenvalue weighted by Crippen LogP contribution is 2.14. The first kappa shape index (κ1) is 15.9. The van der Waals surface area contributed by atoms with Crippen LogP contribution in [0.5, 0.6) is 0 Å². The molecule has 0 aromatic rings. The smallest absolute Gasteiger partial charge is 0.222 e. The molecule has 2 heteroatoms. The van der Waals surface area contributed by atoms with Crippen LogP contribution >= 0.6 is 0 Å². The molecule has 2 nitrogen and oxygen atoms in total. The minimum Gasteiger partial charge on any atom is -0.356 e. The summed E-state index contributed by atoms with van der Waals surface area (Å²) in [6.45, 7) is 10.7.